The Hall–Kier alpha value is -1.86. The van der Waals surface area contributed by atoms with E-state index in [1.807, 2.05) is 27.7 Å². The van der Waals surface area contributed by atoms with Gasteiger partial charge in [-0.15, -0.1) is 0 Å². The molecule has 23 heavy (non-hydrogen) atoms. The van der Waals surface area contributed by atoms with Crippen LogP contribution in [0.25, 0.3) is 0 Å². The Morgan fingerprint density at radius 3 is 2.43 bits per heavy atom. The molecule has 1 N–H and O–H groups in total. The lowest BCUT2D eigenvalue weighted by molar-refractivity contribution is 0.372. The van der Waals surface area contributed by atoms with Crippen LogP contribution in [0.2, 0.25) is 0 Å². The average Bonchev–Trinajstić information content (AvgIpc) is 2.96. The number of rotatable bonds is 6. The summed E-state index contributed by atoms with van der Waals surface area (Å²) in [7, 11) is -2.26. The Morgan fingerprint density at radius 2 is 1.87 bits per heavy atom. The van der Waals surface area contributed by atoms with E-state index in [0.717, 1.165) is 16.8 Å². The van der Waals surface area contributed by atoms with Gasteiger partial charge >= 0.3 is 0 Å². The van der Waals surface area contributed by atoms with E-state index in [2.05, 4.69) is 9.88 Å². The number of aromatic nitrogens is 1. The minimum atomic E-state index is -3.71. The fourth-order valence-corrected chi connectivity index (χ4v) is 3.29. The van der Waals surface area contributed by atoms with Crippen LogP contribution in [0.1, 0.15) is 42.3 Å². The number of methoxy groups -OCH3 is 1. The third-order valence-corrected chi connectivity index (χ3v) is 5.10. The molecular formula is C16H22N2O4S. The van der Waals surface area contributed by atoms with Crippen LogP contribution in [0.15, 0.2) is 27.6 Å². The summed E-state index contributed by atoms with van der Waals surface area (Å²) in [6.45, 7) is 7.79. The molecule has 1 aromatic carbocycles. The van der Waals surface area contributed by atoms with Crippen molar-refractivity contribution in [3.63, 3.8) is 0 Å². The molecule has 0 aliphatic heterocycles. The highest BCUT2D eigenvalue weighted by atomic mass is 32.2. The molecule has 7 heteroatoms. The first-order valence-electron chi connectivity index (χ1n) is 7.35. The predicted molar refractivity (Wildman–Crippen MR) is 87.1 cm³/mol. The average molecular weight is 338 g/mol. The molecule has 0 saturated heterocycles. The first-order chi connectivity index (χ1) is 10.7. The van der Waals surface area contributed by atoms with E-state index in [-0.39, 0.29) is 17.4 Å². The first kappa shape index (κ1) is 17.5. The van der Waals surface area contributed by atoms with Crippen LogP contribution >= 0.6 is 0 Å². The van der Waals surface area contributed by atoms with E-state index in [0.29, 0.717) is 11.5 Å². The Balaban J connectivity index is 2.23. The van der Waals surface area contributed by atoms with E-state index in [1.54, 1.807) is 18.2 Å². The molecule has 2 rings (SSSR count). The molecule has 0 fully saturated rings. The van der Waals surface area contributed by atoms with Crippen molar-refractivity contribution >= 4 is 10.0 Å². The zero-order chi connectivity index (χ0) is 17.2. The Morgan fingerprint density at radius 1 is 1.22 bits per heavy atom. The fourth-order valence-electron chi connectivity index (χ4n) is 2.06. The predicted octanol–water partition coefficient (Wildman–Crippen LogP) is 2.90. The summed E-state index contributed by atoms with van der Waals surface area (Å²) < 4.78 is 37.9. The second-order valence-corrected chi connectivity index (χ2v) is 7.52. The maximum absolute atomic E-state index is 12.5. The second-order valence-electron chi connectivity index (χ2n) is 5.78. The lowest BCUT2D eigenvalue weighted by atomic mass is 10.1. The highest BCUT2D eigenvalue weighted by Crippen LogP contribution is 2.27. The topological polar surface area (TPSA) is 81.4 Å². The second kappa shape index (κ2) is 6.72. The summed E-state index contributed by atoms with van der Waals surface area (Å²) in [5.74, 6) is 1.02. The quantitative estimate of drug-likeness (QED) is 0.876. The SMILES string of the molecule is COc1cc(C)c(C)cc1S(=O)(=O)NCc1cc(C(C)C)no1. The minimum Gasteiger partial charge on any atom is -0.495 e. The molecule has 0 radical (unpaired) electrons. The number of nitrogens with zero attached hydrogens (tertiary/aromatic N) is 1. The summed E-state index contributed by atoms with van der Waals surface area (Å²) in [4.78, 5) is 0.117. The molecule has 0 spiro atoms. The van der Waals surface area contributed by atoms with Crippen LogP contribution in [0, 0.1) is 13.8 Å². The van der Waals surface area contributed by atoms with E-state index in [1.165, 1.54) is 7.11 Å². The number of sulfonamides is 1. The van der Waals surface area contributed by atoms with Crippen LogP contribution < -0.4 is 9.46 Å². The number of hydrogen-bond acceptors (Lipinski definition) is 5. The fraction of sp³-hybridized carbons (Fsp3) is 0.438. The summed E-state index contributed by atoms with van der Waals surface area (Å²) in [6.07, 6.45) is 0. The largest absolute Gasteiger partial charge is 0.495 e. The Kier molecular flexibility index (Phi) is 5.11. The lowest BCUT2D eigenvalue weighted by Crippen LogP contribution is -2.23. The highest BCUT2D eigenvalue weighted by molar-refractivity contribution is 7.89. The van der Waals surface area contributed by atoms with Gasteiger partial charge in [0.25, 0.3) is 0 Å². The third kappa shape index (κ3) is 3.92. The standard InChI is InChI=1S/C16H22N2O4S/c1-10(2)14-8-13(22-18-14)9-17-23(19,20)16-7-12(4)11(3)6-15(16)21-5/h6-8,10,17H,9H2,1-5H3. The van der Waals surface area contributed by atoms with Gasteiger partial charge in [0.2, 0.25) is 10.0 Å². The molecule has 0 amide bonds. The Labute approximate surface area is 136 Å². The van der Waals surface area contributed by atoms with Crippen molar-refractivity contribution in [2.45, 2.75) is 45.1 Å². The summed E-state index contributed by atoms with van der Waals surface area (Å²) in [5, 5.41) is 3.91. The van der Waals surface area contributed by atoms with Crippen molar-refractivity contribution in [1.82, 2.24) is 9.88 Å². The van der Waals surface area contributed by atoms with E-state index >= 15 is 0 Å². The molecule has 1 aromatic heterocycles. The van der Waals surface area contributed by atoms with E-state index in [4.69, 9.17) is 9.26 Å². The van der Waals surface area contributed by atoms with Crippen molar-refractivity contribution in [3.8, 4) is 5.75 Å². The van der Waals surface area contributed by atoms with Crippen molar-refractivity contribution in [3.05, 3.63) is 40.8 Å². The van der Waals surface area contributed by atoms with Gasteiger partial charge in [0.05, 0.1) is 19.3 Å². The Bertz CT molecular complexity index is 794. The molecule has 0 bridgehead atoms. The zero-order valence-electron chi connectivity index (χ0n) is 14.0. The molecule has 0 aliphatic carbocycles. The number of aryl methyl sites for hydroxylation is 2. The van der Waals surface area contributed by atoms with Crippen LogP contribution in [-0.2, 0) is 16.6 Å². The monoisotopic (exact) mass is 338 g/mol. The summed E-state index contributed by atoms with van der Waals surface area (Å²) >= 11 is 0. The van der Waals surface area contributed by atoms with Crippen LogP contribution in [0.5, 0.6) is 5.75 Å². The number of hydrogen-bond donors (Lipinski definition) is 1. The normalized spacial score (nSPS) is 11.9. The number of ether oxygens (including phenoxy) is 1. The molecule has 1 heterocycles. The van der Waals surface area contributed by atoms with Gasteiger partial charge in [-0.1, -0.05) is 19.0 Å². The summed E-state index contributed by atoms with van der Waals surface area (Å²) in [5.41, 5.74) is 2.65. The van der Waals surface area contributed by atoms with E-state index < -0.39 is 10.0 Å². The molecule has 6 nitrogen and oxygen atoms in total. The van der Waals surface area contributed by atoms with E-state index in [9.17, 15) is 8.42 Å². The first-order valence-corrected chi connectivity index (χ1v) is 8.83. The molecule has 2 aromatic rings. The van der Waals surface area contributed by atoms with Crippen LogP contribution in [0.4, 0.5) is 0 Å². The van der Waals surface area contributed by atoms with Gasteiger partial charge in [0, 0.05) is 6.07 Å². The summed E-state index contributed by atoms with van der Waals surface area (Å²) in [6, 6.07) is 5.08. The third-order valence-electron chi connectivity index (χ3n) is 3.67. The molecule has 0 unspecified atom stereocenters. The molecule has 0 aliphatic rings. The van der Waals surface area contributed by atoms with Crippen molar-refractivity contribution < 1.29 is 17.7 Å². The minimum absolute atomic E-state index is 0.0398. The molecule has 0 saturated carbocycles. The van der Waals surface area contributed by atoms with Gasteiger partial charge in [-0.25, -0.2) is 13.1 Å². The highest BCUT2D eigenvalue weighted by Gasteiger charge is 2.21. The van der Waals surface area contributed by atoms with Gasteiger partial charge in [-0.2, -0.15) is 0 Å². The number of benzene rings is 1. The van der Waals surface area contributed by atoms with Crippen molar-refractivity contribution in [2.75, 3.05) is 7.11 Å². The van der Waals surface area contributed by atoms with Crippen molar-refractivity contribution in [1.29, 1.82) is 0 Å². The van der Waals surface area contributed by atoms with Gasteiger partial charge in [-0.3, -0.25) is 0 Å². The van der Waals surface area contributed by atoms with Crippen LogP contribution in [-0.4, -0.2) is 20.7 Å². The van der Waals surface area contributed by atoms with Gasteiger partial charge in [0.15, 0.2) is 5.76 Å². The molecule has 126 valence electrons. The molecular weight excluding hydrogens is 316 g/mol. The zero-order valence-corrected chi connectivity index (χ0v) is 14.8. The van der Waals surface area contributed by atoms with Gasteiger partial charge in [0.1, 0.15) is 10.6 Å². The van der Waals surface area contributed by atoms with Crippen LogP contribution in [0.3, 0.4) is 0 Å². The maximum Gasteiger partial charge on any atom is 0.244 e. The molecule has 0 atom stereocenters. The van der Waals surface area contributed by atoms with Crippen molar-refractivity contribution in [2.24, 2.45) is 0 Å². The smallest absolute Gasteiger partial charge is 0.244 e. The lowest BCUT2D eigenvalue weighted by Gasteiger charge is -2.12. The maximum atomic E-state index is 12.5. The van der Waals surface area contributed by atoms with Gasteiger partial charge < -0.3 is 9.26 Å². The van der Waals surface area contributed by atoms with Gasteiger partial charge in [-0.05, 0) is 43.0 Å². The number of nitrogens with one attached hydrogen (secondary N) is 1.